The molecule has 0 atom stereocenters. The molecule has 4 heterocycles. The number of aromatic nitrogens is 2. The van der Waals surface area contributed by atoms with Crippen LogP contribution >= 0.6 is 0 Å². The highest BCUT2D eigenvalue weighted by Gasteiger charge is 2.43. The Morgan fingerprint density at radius 1 is 0.554 bits per heavy atom. The SMILES string of the molecule is C=CC1=C(CC)N(C(=C)/C=C\C)c2cc(-n3c4ccccc4c4cccc(N(c5ccc(C(C)(C)C)cc5)c5ccc(C(C)(C)C)cc5)c43)cc3c2B1c1cc(C(C)(C)C)cc2c4cc(C(C)(C)C)ccc4n-3c12. The summed E-state index contributed by atoms with van der Waals surface area (Å²) in [6.45, 7) is 41.5. The van der Waals surface area contributed by atoms with Gasteiger partial charge in [-0.2, -0.15) is 0 Å². The van der Waals surface area contributed by atoms with Gasteiger partial charge in [0.05, 0.1) is 27.9 Å². The van der Waals surface area contributed by atoms with Crippen molar-refractivity contribution in [1.29, 1.82) is 0 Å². The van der Waals surface area contributed by atoms with Crippen LogP contribution in [0, 0.1) is 0 Å². The molecule has 5 heteroatoms. The van der Waals surface area contributed by atoms with Crippen molar-refractivity contribution in [2.24, 2.45) is 0 Å². The molecule has 0 unspecified atom stereocenters. The Bertz CT molecular complexity index is 3780. The first-order chi connectivity index (χ1) is 35.0. The number of allylic oxidation sites excluding steroid dienone is 5. The van der Waals surface area contributed by atoms with Gasteiger partial charge < -0.3 is 18.9 Å². The van der Waals surface area contributed by atoms with Crippen molar-refractivity contribution < 1.29 is 0 Å². The van der Waals surface area contributed by atoms with Crippen LogP contribution in [0.2, 0.25) is 0 Å². The third kappa shape index (κ3) is 7.63. The van der Waals surface area contributed by atoms with Crippen LogP contribution in [0.5, 0.6) is 0 Å². The van der Waals surface area contributed by atoms with Crippen molar-refractivity contribution in [2.45, 2.75) is 125 Å². The number of nitrogens with zero attached hydrogens (tertiary/aromatic N) is 4. The van der Waals surface area contributed by atoms with E-state index in [0.29, 0.717) is 0 Å². The zero-order valence-electron chi connectivity index (χ0n) is 46.4. The molecule has 0 radical (unpaired) electrons. The fraction of sp³-hybridized carbons (Fsp3) is 0.275. The van der Waals surface area contributed by atoms with Crippen molar-refractivity contribution in [3.8, 4) is 11.4 Å². The zero-order chi connectivity index (χ0) is 52.6. The van der Waals surface area contributed by atoms with Gasteiger partial charge in [0, 0.05) is 61.2 Å². The molecule has 372 valence electrons. The van der Waals surface area contributed by atoms with Crippen molar-refractivity contribution in [1.82, 2.24) is 9.13 Å². The van der Waals surface area contributed by atoms with Gasteiger partial charge in [0.25, 0.3) is 6.71 Å². The molecule has 7 aromatic carbocycles. The van der Waals surface area contributed by atoms with E-state index in [-0.39, 0.29) is 28.4 Å². The summed E-state index contributed by atoms with van der Waals surface area (Å²) in [5.74, 6) is 0. The number of rotatable bonds is 8. The van der Waals surface area contributed by atoms with Crippen LogP contribution in [0.25, 0.3) is 55.0 Å². The third-order valence-corrected chi connectivity index (χ3v) is 16.1. The third-order valence-electron chi connectivity index (χ3n) is 16.1. The lowest BCUT2D eigenvalue weighted by atomic mass is 9.33. The minimum Gasteiger partial charge on any atom is -0.316 e. The van der Waals surface area contributed by atoms with Crippen molar-refractivity contribution in [3.05, 3.63) is 204 Å². The predicted octanol–water partition coefficient (Wildman–Crippen LogP) is 17.8. The molecule has 0 aliphatic carbocycles. The van der Waals surface area contributed by atoms with Crippen LogP contribution in [0.4, 0.5) is 22.7 Å². The van der Waals surface area contributed by atoms with E-state index in [1.54, 1.807) is 0 Å². The molecule has 4 nitrogen and oxygen atoms in total. The molecule has 9 aromatic rings. The van der Waals surface area contributed by atoms with Gasteiger partial charge in [0.2, 0.25) is 0 Å². The first-order valence-electron chi connectivity index (χ1n) is 26.9. The number of fused-ring (bicyclic) bond motifs is 8. The monoisotopic (exact) mass is 969 g/mol. The summed E-state index contributed by atoms with van der Waals surface area (Å²) in [4.78, 5) is 4.92. The van der Waals surface area contributed by atoms with Crippen LogP contribution in [0.3, 0.4) is 0 Å². The second-order valence-corrected chi connectivity index (χ2v) is 25.1. The number of hydrogen-bond donors (Lipinski definition) is 0. The molecule has 11 rings (SSSR count). The lowest BCUT2D eigenvalue weighted by Crippen LogP contribution is -2.55. The van der Waals surface area contributed by atoms with Crippen LogP contribution in [-0.4, -0.2) is 15.8 Å². The van der Waals surface area contributed by atoms with Gasteiger partial charge in [-0.15, -0.1) is 0 Å². The van der Waals surface area contributed by atoms with E-state index in [1.807, 2.05) is 0 Å². The maximum Gasteiger partial charge on any atom is 0.251 e. The molecule has 74 heavy (non-hydrogen) atoms. The second-order valence-electron chi connectivity index (χ2n) is 25.1. The summed E-state index contributed by atoms with van der Waals surface area (Å²) in [6.07, 6.45) is 7.22. The molecular formula is C69H73BN4. The molecule has 2 aromatic heterocycles. The molecule has 0 fully saturated rings. The lowest BCUT2D eigenvalue weighted by molar-refractivity contribution is 0.590. The average molecular weight is 969 g/mol. The number of benzene rings is 7. The number of anilines is 4. The smallest absolute Gasteiger partial charge is 0.251 e. The topological polar surface area (TPSA) is 16.3 Å². The summed E-state index contributed by atoms with van der Waals surface area (Å²) in [5.41, 5.74) is 22.8. The van der Waals surface area contributed by atoms with E-state index in [9.17, 15) is 0 Å². The van der Waals surface area contributed by atoms with E-state index < -0.39 is 0 Å². The Hall–Kier alpha value is -7.24. The molecule has 0 spiro atoms. The van der Waals surface area contributed by atoms with E-state index in [4.69, 9.17) is 6.58 Å². The van der Waals surface area contributed by atoms with Crippen LogP contribution in [-0.2, 0) is 21.7 Å². The predicted molar refractivity (Wildman–Crippen MR) is 324 cm³/mol. The minimum absolute atomic E-state index is 0.0160. The highest BCUT2D eigenvalue weighted by atomic mass is 15.2. The first kappa shape index (κ1) is 49.0. The zero-order valence-corrected chi connectivity index (χ0v) is 46.4. The van der Waals surface area contributed by atoms with E-state index >= 15 is 0 Å². The molecule has 2 aliphatic rings. The van der Waals surface area contributed by atoms with Gasteiger partial charge in [-0.05, 0) is 146 Å². The summed E-state index contributed by atoms with van der Waals surface area (Å²) in [7, 11) is 0. The van der Waals surface area contributed by atoms with Gasteiger partial charge in [-0.1, -0.05) is 182 Å². The van der Waals surface area contributed by atoms with Crippen molar-refractivity contribution in [2.75, 3.05) is 9.80 Å². The Morgan fingerprint density at radius 3 is 1.69 bits per heavy atom. The summed E-state index contributed by atoms with van der Waals surface area (Å²) in [6, 6.07) is 51.5. The number of para-hydroxylation sites is 2. The lowest BCUT2D eigenvalue weighted by Gasteiger charge is -2.42. The largest absolute Gasteiger partial charge is 0.316 e. The van der Waals surface area contributed by atoms with Gasteiger partial charge in [0.1, 0.15) is 0 Å². The molecular weight excluding hydrogens is 896 g/mol. The minimum atomic E-state index is -0.0777. The van der Waals surface area contributed by atoms with Crippen molar-refractivity contribution >= 4 is 84.0 Å². The highest BCUT2D eigenvalue weighted by molar-refractivity contribution is 6.95. The second kappa shape index (κ2) is 17.2. The van der Waals surface area contributed by atoms with Crippen LogP contribution < -0.4 is 20.7 Å². The molecule has 0 amide bonds. The standard InChI is InChI=1S/C69H73BN4/c1-17-23-43(4)71-57(19-3)55(18-2)70-56-40-47(69(14,15)16)39-54-53-38-46(68(11,12)13)32-37-59(53)74(64(54)56)62-42-50(41-61(71)63(62)70)73-58-26-21-20-24-51(58)52-25-22-27-60(65(52)73)72(48-33-28-44(29-34-48)66(5,6)7)49-35-30-45(31-36-49)67(8,9)10/h17-18,20-42H,2,4,19H2,1,3,5-16H3/b23-17-. The maximum atomic E-state index is 4.82. The van der Waals surface area contributed by atoms with E-state index in [2.05, 4.69) is 274 Å². The summed E-state index contributed by atoms with van der Waals surface area (Å²) < 4.78 is 5.17. The fourth-order valence-electron chi connectivity index (χ4n) is 12.2. The molecule has 0 saturated heterocycles. The Morgan fingerprint density at radius 2 is 1.11 bits per heavy atom. The normalized spacial score (nSPS) is 14.1. The van der Waals surface area contributed by atoms with Crippen molar-refractivity contribution in [3.63, 3.8) is 0 Å². The Labute approximate surface area is 441 Å². The molecule has 0 bridgehead atoms. The quantitative estimate of drug-likeness (QED) is 0.111. The maximum absolute atomic E-state index is 4.82. The van der Waals surface area contributed by atoms with Gasteiger partial charge >= 0.3 is 0 Å². The fourth-order valence-corrected chi connectivity index (χ4v) is 12.2. The van der Waals surface area contributed by atoms with Gasteiger partial charge in [-0.25, -0.2) is 0 Å². The summed E-state index contributed by atoms with van der Waals surface area (Å²) >= 11 is 0. The van der Waals surface area contributed by atoms with Gasteiger partial charge in [0.15, 0.2) is 0 Å². The highest BCUT2D eigenvalue weighted by Crippen LogP contribution is 2.48. The Balaban J connectivity index is 1.30. The Kier molecular flexibility index (Phi) is 11.4. The number of hydrogen-bond acceptors (Lipinski definition) is 2. The van der Waals surface area contributed by atoms with Crippen LogP contribution in [0.15, 0.2) is 182 Å². The summed E-state index contributed by atoms with van der Waals surface area (Å²) in [5, 5.41) is 5.00. The van der Waals surface area contributed by atoms with E-state index in [0.717, 1.165) is 51.6 Å². The average Bonchev–Trinajstić information content (AvgIpc) is 3.88. The molecule has 2 aliphatic heterocycles. The van der Waals surface area contributed by atoms with E-state index in [1.165, 1.54) is 82.6 Å². The first-order valence-corrected chi connectivity index (χ1v) is 26.9. The van der Waals surface area contributed by atoms with Crippen LogP contribution in [0.1, 0.15) is 126 Å². The van der Waals surface area contributed by atoms with Gasteiger partial charge in [-0.3, -0.25) is 0 Å². The molecule has 0 N–H and O–H groups in total. The molecule has 0 saturated carbocycles.